The Labute approximate surface area is 101 Å². The van der Waals surface area contributed by atoms with Crippen molar-refractivity contribution >= 4 is 11.4 Å². The van der Waals surface area contributed by atoms with Crippen LogP contribution in [0.5, 0.6) is 0 Å². The quantitative estimate of drug-likeness (QED) is 0.740. The van der Waals surface area contributed by atoms with Gasteiger partial charge in [-0.05, 0) is 36.8 Å². The highest BCUT2D eigenvalue weighted by atomic mass is 19.1. The number of hydrogen-bond donors (Lipinski definition) is 1. The van der Waals surface area contributed by atoms with Crippen LogP contribution in [0.1, 0.15) is 19.3 Å². The van der Waals surface area contributed by atoms with Crippen LogP contribution < -0.4 is 10.2 Å². The molecule has 1 aromatic rings. The molecule has 17 heavy (non-hydrogen) atoms. The van der Waals surface area contributed by atoms with E-state index in [4.69, 9.17) is 0 Å². The van der Waals surface area contributed by atoms with E-state index in [2.05, 4.69) is 16.3 Å². The van der Waals surface area contributed by atoms with E-state index in [1.165, 1.54) is 19.3 Å². The lowest BCUT2D eigenvalue weighted by Crippen LogP contribution is -2.42. The van der Waals surface area contributed by atoms with Crippen LogP contribution in [0.25, 0.3) is 0 Å². The summed E-state index contributed by atoms with van der Waals surface area (Å²) in [6.45, 7) is 2.04. The maximum Gasteiger partial charge on any atom is 0.148 e. The highest BCUT2D eigenvalue weighted by Gasteiger charge is 2.46. The van der Waals surface area contributed by atoms with Crippen molar-refractivity contribution in [1.82, 2.24) is 0 Å². The molecule has 3 unspecified atom stereocenters. The summed E-state index contributed by atoms with van der Waals surface area (Å²) in [5.74, 6) is 1.56. The smallest absolute Gasteiger partial charge is 0.148 e. The Morgan fingerprint density at radius 2 is 2.24 bits per heavy atom. The molecule has 0 radical (unpaired) electrons. The van der Waals surface area contributed by atoms with E-state index in [1.807, 2.05) is 6.07 Å². The first-order chi connectivity index (χ1) is 8.34. The molecule has 1 aromatic carbocycles. The number of nitrogens with one attached hydrogen (secondary N) is 1. The minimum atomic E-state index is -0.113. The zero-order valence-electron chi connectivity index (χ0n) is 9.82. The van der Waals surface area contributed by atoms with Gasteiger partial charge in [-0.15, -0.1) is 0 Å². The second kappa shape index (κ2) is 3.37. The summed E-state index contributed by atoms with van der Waals surface area (Å²) >= 11 is 0. The molecule has 2 aliphatic heterocycles. The fraction of sp³-hybridized carbons (Fsp3) is 0.571. The maximum atomic E-state index is 13.7. The largest absolute Gasteiger partial charge is 0.379 e. The lowest BCUT2D eigenvalue weighted by atomic mass is 9.93. The van der Waals surface area contributed by atoms with Crippen LogP contribution in [-0.2, 0) is 0 Å². The van der Waals surface area contributed by atoms with Crippen molar-refractivity contribution in [2.75, 3.05) is 23.3 Å². The minimum absolute atomic E-state index is 0.113. The van der Waals surface area contributed by atoms with Crippen LogP contribution in [0.4, 0.5) is 15.8 Å². The van der Waals surface area contributed by atoms with Gasteiger partial charge in [-0.25, -0.2) is 4.39 Å². The number of rotatable bonds is 0. The van der Waals surface area contributed by atoms with Crippen LogP contribution in [0.2, 0.25) is 0 Å². The van der Waals surface area contributed by atoms with E-state index in [0.29, 0.717) is 11.7 Å². The number of anilines is 2. The van der Waals surface area contributed by atoms with Crippen LogP contribution >= 0.6 is 0 Å². The molecule has 0 amide bonds. The van der Waals surface area contributed by atoms with Gasteiger partial charge in [0.25, 0.3) is 0 Å². The fourth-order valence-electron chi connectivity index (χ4n) is 4.09. The van der Waals surface area contributed by atoms with Crippen molar-refractivity contribution < 1.29 is 4.39 Å². The molecule has 2 heterocycles. The Kier molecular flexibility index (Phi) is 1.93. The van der Waals surface area contributed by atoms with E-state index in [1.54, 1.807) is 6.07 Å². The Balaban J connectivity index is 1.76. The molecule has 1 aliphatic carbocycles. The van der Waals surface area contributed by atoms with Gasteiger partial charge in [-0.1, -0.05) is 12.5 Å². The topological polar surface area (TPSA) is 15.3 Å². The molecule has 0 aromatic heterocycles. The lowest BCUT2D eigenvalue weighted by Gasteiger charge is -2.36. The first kappa shape index (κ1) is 9.75. The summed E-state index contributed by atoms with van der Waals surface area (Å²) in [5, 5.41) is 3.30. The summed E-state index contributed by atoms with van der Waals surface area (Å²) in [5.41, 5.74) is 1.79. The van der Waals surface area contributed by atoms with E-state index < -0.39 is 0 Å². The predicted octanol–water partition coefficient (Wildman–Crippen LogP) is 2.86. The second-order valence-electron chi connectivity index (χ2n) is 5.59. The third-order valence-electron chi connectivity index (χ3n) is 4.83. The summed E-state index contributed by atoms with van der Waals surface area (Å²) in [6, 6.07) is 6.02. The molecule has 1 N–H and O–H groups in total. The standard InChI is InChI=1S/C14H17FN2/c15-11-5-2-6-12-14(11)16-7-13-10-4-1-3-9(10)8-17(12)13/h2,5-6,9-10,13,16H,1,3-4,7-8H2. The zero-order valence-corrected chi connectivity index (χ0v) is 9.82. The Bertz CT molecular complexity index is 460. The number of benzene rings is 1. The van der Waals surface area contributed by atoms with Crippen molar-refractivity contribution in [2.24, 2.45) is 11.8 Å². The van der Waals surface area contributed by atoms with Gasteiger partial charge < -0.3 is 10.2 Å². The third-order valence-corrected chi connectivity index (χ3v) is 4.83. The molecule has 2 fully saturated rings. The average molecular weight is 232 g/mol. The molecule has 2 nitrogen and oxygen atoms in total. The lowest BCUT2D eigenvalue weighted by molar-refractivity contribution is 0.428. The van der Waals surface area contributed by atoms with E-state index in [9.17, 15) is 4.39 Å². The zero-order chi connectivity index (χ0) is 11.4. The summed E-state index contributed by atoms with van der Waals surface area (Å²) in [4.78, 5) is 2.45. The van der Waals surface area contributed by atoms with Crippen LogP contribution in [0.3, 0.4) is 0 Å². The monoisotopic (exact) mass is 232 g/mol. The van der Waals surface area contributed by atoms with Gasteiger partial charge >= 0.3 is 0 Å². The summed E-state index contributed by atoms with van der Waals surface area (Å²) < 4.78 is 13.7. The first-order valence-corrected chi connectivity index (χ1v) is 6.63. The maximum absolute atomic E-state index is 13.7. The molecule has 1 saturated heterocycles. The van der Waals surface area contributed by atoms with Gasteiger partial charge in [0.15, 0.2) is 0 Å². The summed E-state index contributed by atoms with van der Waals surface area (Å²) in [6.07, 6.45) is 4.11. The van der Waals surface area contributed by atoms with Gasteiger partial charge in [-0.2, -0.15) is 0 Å². The number of fused-ring (bicyclic) bond motifs is 5. The van der Waals surface area contributed by atoms with Crippen molar-refractivity contribution in [3.63, 3.8) is 0 Å². The van der Waals surface area contributed by atoms with Gasteiger partial charge in [0.05, 0.1) is 11.4 Å². The Morgan fingerprint density at radius 3 is 3.18 bits per heavy atom. The number of halogens is 1. The first-order valence-electron chi connectivity index (χ1n) is 6.63. The van der Waals surface area contributed by atoms with E-state index in [-0.39, 0.29) is 5.82 Å². The highest BCUT2D eigenvalue weighted by molar-refractivity contribution is 5.74. The minimum Gasteiger partial charge on any atom is -0.379 e. The highest BCUT2D eigenvalue weighted by Crippen LogP contribution is 2.47. The normalized spacial score (nSPS) is 33.9. The SMILES string of the molecule is Fc1cccc2c1NCC1C3CCCC3CN21. The van der Waals surface area contributed by atoms with Gasteiger partial charge in [0, 0.05) is 19.1 Å². The number of para-hydroxylation sites is 1. The number of nitrogens with zero attached hydrogens (tertiary/aromatic N) is 1. The molecular weight excluding hydrogens is 215 g/mol. The van der Waals surface area contributed by atoms with E-state index in [0.717, 1.165) is 30.6 Å². The van der Waals surface area contributed by atoms with Crippen molar-refractivity contribution in [2.45, 2.75) is 25.3 Å². The Morgan fingerprint density at radius 1 is 1.29 bits per heavy atom. The van der Waals surface area contributed by atoms with Crippen LogP contribution in [0.15, 0.2) is 18.2 Å². The molecule has 1 saturated carbocycles. The number of hydrogen-bond acceptors (Lipinski definition) is 2. The molecule has 0 bridgehead atoms. The van der Waals surface area contributed by atoms with Gasteiger partial charge in [-0.3, -0.25) is 0 Å². The second-order valence-corrected chi connectivity index (χ2v) is 5.59. The van der Waals surface area contributed by atoms with Gasteiger partial charge in [0.2, 0.25) is 0 Å². The predicted molar refractivity (Wildman–Crippen MR) is 66.9 cm³/mol. The summed E-state index contributed by atoms with van der Waals surface area (Å²) in [7, 11) is 0. The molecule has 90 valence electrons. The van der Waals surface area contributed by atoms with Crippen molar-refractivity contribution in [3.05, 3.63) is 24.0 Å². The van der Waals surface area contributed by atoms with Gasteiger partial charge in [0.1, 0.15) is 5.82 Å². The third kappa shape index (κ3) is 1.25. The molecule has 0 spiro atoms. The Hall–Kier alpha value is -1.25. The average Bonchev–Trinajstić information content (AvgIpc) is 2.89. The van der Waals surface area contributed by atoms with Crippen LogP contribution in [-0.4, -0.2) is 19.1 Å². The van der Waals surface area contributed by atoms with Crippen LogP contribution in [0, 0.1) is 17.7 Å². The van der Waals surface area contributed by atoms with E-state index >= 15 is 0 Å². The molecular formula is C14H17FN2. The fourth-order valence-corrected chi connectivity index (χ4v) is 4.09. The molecule has 4 rings (SSSR count). The molecule has 3 heteroatoms. The van der Waals surface area contributed by atoms with Crippen molar-refractivity contribution in [3.8, 4) is 0 Å². The molecule has 3 atom stereocenters. The van der Waals surface area contributed by atoms with Crippen molar-refractivity contribution in [1.29, 1.82) is 0 Å². The molecule has 3 aliphatic rings.